The molecular weight excluding hydrogens is 336 g/mol. The van der Waals surface area contributed by atoms with Crippen molar-refractivity contribution in [3.05, 3.63) is 65.5 Å². The Bertz CT molecular complexity index is 1020. The average Bonchev–Trinajstić information content (AvgIpc) is 3.28. The van der Waals surface area contributed by atoms with Gasteiger partial charge in [0.25, 0.3) is 5.91 Å². The molecule has 4 aromatic rings. The predicted octanol–water partition coefficient (Wildman–Crippen LogP) is 4.82. The van der Waals surface area contributed by atoms with Crippen molar-refractivity contribution >= 4 is 33.3 Å². The number of hydrogen-bond donors (Lipinski definition) is 1. The first-order valence-electron chi connectivity index (χ1n) is 7.63. The lowest BCUT2D eigenvalue weighted by molar-refractivity contribution is 0.102. The molecule has 0 bridgehead atoms. The number of furan rings is 1. The van der Waals surface area contributed by atoms with Gasteiger partial charge in [-0.3, -0.25) is 10.1 Å². The highest BCUT2D eigenvalue weighted by Crippen LogP contribution is 2.30. The van der Waals surface area contributed by atoms with Crippen LogP contribution in [-0.2, 0) is 0 Å². The molecule has 0 saturated carbocycles. The summed E-state index contributed by atoms with van der Waals surface area (Å²) >= 11 is 1.35. The van der Waals surface area contributed by atoms with Gasteiger partial charge in [-0.15, -0.1) is 11.3 Å². The number of methoxy groups -OCH3 is 1. The van der Waals surface area contributed by atoms with Crippen LogP contribution in [0.2, 0.25) is 0 Å². The summed E-state index contributed by atoms with van der Waals surface area (Å²) < 4.78 is 11.0. The van der Waals surface area contributed by atoms with Gasteiger partial charge in [0.05, 0.1) is 12.7 Å². The fraction of sp³-hybridized carbons (Fsp3) is 0.0526. The Labute approximate surface area is 147 Å². The van der Waals surface area contributed by atoms with Crippen LogP contribution in [-0.4, -0.2) is 18.0 Å². The van der Waals surface area contributed by atoms with Crippen LogP contribution in [0.3, 0.4) is 0 Å². The van der Waals surface area contributed by atoms with E-state index in [2.05, 4.69) is 10.3 Å². The fourth-order valence-electron chi connectivity index (χ4n) is 2.55. The summed E-state index contributed by atoms with van der Waals surface area (Å²) in [6.45, 7) is 0. The number of thiazole rings is 1. The number of carbonyl (C=O) groups excluding carboxylic acids is 1. The number of ether oxygens (including phenoxy) is 1. The summed E-state index contributed by atoms with van der Waals surface area (Å²) in [4.78, 5) is 16.9. The van der Waals surface area contributed by atoms with Crippen molar-refractivity contribution in [2.24, 2.45) is 0 Å². The number of amides is 1. The number of carbonyl (C=O) groups is 1. The van der Waals surface area contributed by atoms with Crippen LogP contribution in [0.4, 0.5) is 5.13 Å². The Morgan fingerprint density at radius 1 is 1.16 bits per heavy atom. The maximum atomic E-state index is 12.4. The molecule has 124 valence electrons. The second-order valence-corrected chi connectivity index (χ2v) is 6.20. The molecule has 2 heterocycles. The number of rotatable bonds is 4. The Hall–Kier alpha value is -3.12. The molecule has 0 aliphatic carbocycles. The first-order chi connectivity index (χ1) is 12.2. The molecule has 0 saturated heterocycles. The van der Waals surface area contributed by atoms with Crippen molar-refractivity contribution < 1.29 is 13.9 Å². The third kappa shape index (κ3) is 2.99. The van der Waals surface area contributed by atoms with Gasteiger partial charge in [-0.25, -0.2) is 4.98 Å². The highest BCUT2D eigenvalue weighted by Gasteiger charge is 2.15. The Kier molecular flexibility index (Phi) is 3.95. The lowest BCUT2D eigenvalue weighted by atomic mass is 10.2. The van der Waals surface area contributed by atoms with E-state index in [1.807, 2.05) is 41.8 Å². The van der Waals surface area contributed by atoms with Crippen LogP contribution < -0.4 is 10.1 Å². The van der Waals surface area contributed by atoms with Crippen molar-refractivity contribution in [3.8, 4) is 17.2 Å². The molecule has 0 atom stereocenters. The SMILES string of the molecule is COc1ccccc1C(=O)Nc1nc(-c2cc3ccccc3o2)cs1. The van der Waals surface area contributed by atoms with Gasteiger partial charge in [-0.1, -0.05) is 30.3 Å². The van der Waals surface area contributed by atoms with Crippen molar-refractivity contribution in [2.75, 3.05) is 12.4 Å². The molecule has 0 aliphatic heterocycles. The van der Waals surface area contributed by atoms with Crippen LogP contribution >= 0.6 is 11.3 Å². The Morgan fingerprint density at radius 3 is 2.80 bits per heavy atom. The van der Waals surface area contributed by atoms with Crippen molar-refractivity contribution in [3.63, 3.8) is 0 Å². The quantitative estimate of drug-likeness (QED) is 0.573. The third-order valence-electron chi connectivity index (χ3n) is 3.75. The average molecular weight is 350 g/mol. The Morgan fingerprint density at radius 2 is 1.96 bits per heavy atom. The minimum atomic E-state index is -0.261. The zero-order valence-electron chi connectivity index (χ0n) is 13.4. The summed E-state index contributed by atoms with van der Waals surface area (Å²) in [7, 11) is 1.54. The smallest absolute Gasteiger partial charge is 0.261 e. The van der Waals surface area contributed by atoms with Gasteiger partial charge in [0.1, 0.15) is 17.0 Å². The van der Waals surface area contributed by atoms with Gasteiger partial charge in [0.2, 0.25) is 0 Å². The van der Waals surface area contributed by atoms with E-state index in [0.29, 0.717) is 27.9 Å². The molecular formula is C19H14N2O3S. The van der Waals surface area contributed by atoms with E-state index in [9.17, 15) is 4.79 Å². The van der Waals surface area contributed by atoms with E-state index < -0.39 is 0 Å². The van der Waals surface area contributed by atoms with Gasteiger partial charge >= 0.3 is 0 Å². The lowest BCUT2D eigenvalue weighted by Gasteiger charge is -2.06. The van der Waals surface area contributed by atoms with Crippen LogP contribution in [0.5, 0.6) is 5.75 Å². The maximum Gasteiger partial charge on any atom is 0.261 e. The maximum absolute atomic E-state index is 12.4. The third-order valence-corrected chi connectivity index (χ3v) is 4.51. The van der Waals surface area contributed by atoms with E-state index in [4.69, 9.17) is 9.15 Å². The number of aromatic nitrogens is 1. The normalized spacial score (nSPS) is 10.8. The molecule has 0 unspecified atom stereocenters. The van der Waals surface area contributed by atoms with E-state index in [1.54, 1.807) is 18.2 Å². The number of fused-ring (bicyclic) bond motifs is 1. The predicted molar refractivity (Wildman–Crippen MR) is 98.3 cm³/mol. The molecule has 2 aromatic heterocycles. The molecule has 1 amide bonds. The number of anilines is 1. The molecule has 25 heavy (non-hydrogen) atoms. The summed E-state index contributed by atoms with van der Waals surface area (Å²) in [6.07, 6.45) is 0. The summed E-state index contributed by atoms with van der Waals surface area (Å²) in [6, 6.07) is 16.8. The Balaban J connectivity index is 1.58. The molecule has 6 heteroatoms. The van der Waals surface area contributed by atoms with E-state index in [-0.39, 0.29) is 5.91 Å². The van der Waals surface area contributed by atoms with E-state index in [1.165, 1.54) is 18.4 Å². The fourth-order valence-corrected chi connectivity index (χ4v) is 3.24. The zero-order chi connectivity index (χ0) is 17.2. The number of nitrogens with zero attached hydrogens (tertiary/aromatic N) is 1. The molecule has 5 nitrogen and oxygen atoms in total. The van der Waals surface area contributed by atoms with Crippen LogP contribution in [0.25, 0.3) is 22.4 Å². The molecule has 0 aliphatic rings. The highest BCUT2D eigenvalue weighted by molar-refractivity contribution is 7.14. The van der Waals surface area contributed by atoms with Gasteiger partial charge in [-0.2, -0.15) is 0 Å². The van der Waals surface area contributed by atoms with Crippen LogP contribution in [0, 0.1) is 0 Å². The zero-order valence-corrected chi connectivity index (χ0v) is 14.2. The van der Waals surface area contributed by atoms with Gasteiger partial charge in [0, 0.05) is 10.8 Å². The van der Waals surface area contributed by atoms with Crippen molar-refractivity contribution in [1.82, 2.24) is 4.98 Å². The standard InChI is InChI=1S/C19H14N2O3S/c1-23-16-9-5-3-7-13(16)18(22)21-19-20-14(11-25-19)17-10-12-6-2-4-8-15(12)24-17/h2-11H,1H3,(H,20,21,22). The molecule has 2 aromatic carbocycles. The molecule has 1 N–H and O–H groups in total. The summed E-state index contributed by atoms with van der Waals surface area (Å²) in [5.74, 6) is 0.937. The second-order valence-electron chi connectivity index (χ2n) is 5.34. The minimum absolute atomic E-state index is 0.261. The van der Waals surface area contributed by atoms with E-state index >= 15 is 0 Å². The first kappa shape index (κ1) is 15.4. The van der Waals surface area contributed by atoms with Crippen molar-refractivity contribution in [1.29, 1.82) is 0 Å². The van der Waals surface area contributed by atoms with Gasteiger partial charge < -0.3 is 9.15 Å². The van der Waals surface area contributed by atoms with Gasteiger partial charge in [-0.05, 0) is 24.3 Å². The number of nitrogens with one attached hydrogen (secondary N) is 1. The number of para-hydroxylation sites is 2. The number of benzene rings is 2. The lowest BCUT2D eigenvalue weighted by Crippen LogP contribution is -2.12. The monoisotopic (exact) mass is 350 g/mol. The molecule has 4 rings (SSSR count). The van der Waals surface area contributed by atoms with E-state index in [0.717, 1.165) is 11.0 Å². The second kappa shape index (κ2) is 6.41. The summed E-state index contributed by atoms with van der Waals surface area (Å²) in [5.41, 5.74) is 1.96. The summed E-state index contributed by atoms with van der Waals surface area (Å²) in [5, 5.41) is 6.18. The van der Waals surface area contributed by atoms with Crippen LogP contribution in [0.1, 0.15) is 10.4 Å². The largest absolute Gasteiger partial charge is 0.496 e. The van der Waals surface area contributed by atoms with Gasteiger partial charge in [0.15, 0.2) is 10.9 Å². The molecule has 0 spiro atoms. The van der Waals surface area contributed by atoms with Crippen molar-refractivity contribution in [2.45, 2.75) is 0 Å². The first-order valence-corrected chi connectivity index (χ1v) is 8.51. The van der Waals surface area contributed by atoms with Crippen LogP contribution in [0.15, 0.2) is 64.4 Å². The minimum Gasteiger partial charge on any atom is -0.496 e. The molecule has 0 fully saturated rings. The molecule has 0 radical (unpaired) electrons. The topological polar surface area (TPSA) is 64.4 Å². The number of hydrogen-bond acceptors (Lipinski definition) is 5. The highest BCUT2D eigenvalue weighted by atomic mass is 32.1.